The molecule has 0 aromatic rings. The normalized spacial score (nSPS) is 17.8. The summed E-state index contributed by atoms with van der Waals surface area (Å²) >= 11 is 0. The van der Waals surface area contributed by atoms with Crippen LogP contribution in [-0.2, 0) is 13.9 Å². The Kier molecular flexibility index (Phi) is 16.7. The summed E-state index contributed by atoms with van der Waals surface area (Å²) in [7, 11) is -4.60. The first kappa shape index (κ1) is 36.3. The van der Waals surface area contributed by atoms with Crippen molar-refractivity contribution in [2.24, 2.45) is 16.7 Å². The average Bonchev–Trinajstić information content (AvgIpc) is 2.80. The molecule has 2 N–H and O–H groups in total. The molecule has 39 heavy (non-hydrogen) atoms. The van der Waals surface area contributed by atoms with E-state index in [0.29, 0.717) is 12.8 Å². The van der Waals surface area contributed by atoms with Crippen LogP contribution in [0.25, 0.3) is 0 Å². The number of allylic oxidation sites excluding steroid dienone is 3. The fourth-order valence-electron chi connectivity index (χ4n) is 5.51. The summed E-state index contributed by atoms with van der Waals surface area (Å²) < 4.78 is 17.0. The maximum absolute atomic E-state index is 13.2. The van der Waals surface area contributed by atoms with E-state index in [1.807, 2.05) is 32.9 Å². The number of carbonyl (C=O) groups excluding carboxylic acids is 1. The Hall–Kier alpha value is -0.740. The third kappa shape index (κ3) is 16.3. The van der Waals surface area contributed by atoms with Crippen LogP contribution < -0.4 is 0 Å². The zero-order valence-corrected chi connectivity index (χ0v) is 27.3. The Morgan fingerprint density at radius 1 is 0.795 bits per heavy atom. The van der Waals surface area contributed by atoms with Gasteiger partial charge >= 0.3 is 7.82 Å². The Morgan fingerprint density at radius 2 is 1.23 bits per heavy atom. The second kappa shape index (κ2) is 17.9. The summed E-state index contributed by atoms with van der Waals surface area (Å²) in [5, 5.41) is 0. The van der Waals surface area contributed by atoms with Gasteiger partial charge in [0.05, 0.1) is 6.10 Å². The molecule has 6 heteroatoms. The topological polar surface area (TPSA) is 83.8 Å². The van der Waals surface area contributed by atoms with Crippen LogP contribution in [0.2, 0.25) is 0 Å². The molecule has 5 nitrogen and oxygen atoms in total. The van der Waals surface area contributed by atoms with Crippen molar-refractivity contribution < 1.29 is 23.7 Å². The van der Waals surface area contributed by atoms with Gasteiger partial charge < -0.3 is 9.79 Å². The zero-order chi connectivity index (χ0) is 29.5. The van der Waals surface area contributed by atoms with Crippen LogP contribution in [0, 0.1) is 16.7 Å². The van der Waals surface area contributed by atoms with E-state index in [0.717, 1.165) is 30.4 Å². The largest absolute Gasteiger partial charge is 0.469 e. The highest BCUT2D eigenvalue weighted by molar-refractivity contribution is 7.46. The van der Waals surface area contributed by atoms with E-state index < -0.39 is 13.9 Å². The van der Waals surface area contributed by atoms with Crippen molar-refractivity contribution in [3.63, 3.8) is 0 Å². The molecule has 0 saturated carbocycles. The number of ketones is 1. The molecule has 1 rings (SSSR count). The van der Waals surface area contributed by atoms with E-state index in [1.165, 1.54) is 77.0 Å². The minimum Gasteiger partial charge on any atom is -0.303 e. The first-order valence-corrected chi connectivity index (χ1v) is 17.4. The second-order valence-corrected chi connectivity index (χ2v) is 15.1. The van der Waals surface area contributed by atoms with Crippen LogP contribution in [0.5, 0.6) is 0 Å². The highest BCUT2D eigenvalue weighted by atomic mass is 31.2. The number of unbranched alkanes of at least 4 members (excludes halogenated alkanes) is 14. The first-order chi connectivity index (χ1) is 18.1. The van der Waals surface area contributed by atoms with E-state index in [1.54, 1.807) is 0 Å². The molecule has 1 aliphatic rings. The summed E-state index contributed by atoms with van der Waals surface area (Å²) in [6.07, 6.45) is 23.6. The number of phosphoric acid groups is 1. The molecule has 0 radical (unpaired) electrons. The maximum atomic E-state index is 13.2. The van der Waals surface area contributed by atoms with Crippen molar-refractivity contribution in [1.29, 1.82) is 0 Å². The summed E-state index contributed by atoms with van der Waals surface area (Å²) in [6.45, 7) is 14.6. The highest BCUT2D eigenvalue weighted by Crippen LogP contribution is 2.43. The Labute approximate surface area is 240 Å². The summed E-state index contributed by atoms with van der Waals surface area (Å²) in [4.78, 5) is 32.3. The molecule has 0 saturated heterocycles. The number of hydrogen-bond donors (Lipinski definition) is 2. The van der Waals surface area contributed by atoms with Gasteiger partial charge in [-0.15, -0.1) is 0 Å². The van der Waals surface area contributed by atoms with Gasteiger partial charge in [0, 0.05) is 11.5 Å². The van der Waals surface area contributed by atoms with Crippen LogP contribution in [0.4, 0.5) is 0 Å². The van der Waals surface area contributed by atoms with E-state index in [9.17, 15) is 19.1 Å². The van der Waals surface area contributed by atoms with Gasteiger partial charge in [-0.2, -0.15) is 0 Å². The van der Waals surface area contributed by atoms with E-state index >= 15 is 0 Å². The molecule has 0 aromatic heterocycles. The van der Waals surface area contributed by atoms with Crippen LogP contribution in [0.1, 0.15) is 158 Å². The molecule has 2 atom stereocenters. The van der Waals surface area contributed by atoms with Crippen LogP contribution in [0.15, 0.2) is 23.3 Å². The van der Waals surface area contributed by atoms with Crippen LogP contribution in [-0.4, -0.2) is 21.7 Å². The van der Waals surface area contributed by atoms with E-state index in [4.69, 9.17) is 4.52 Å². The average molecular weight is 569 g/mol. The van der Waals surface area contributed by atoms with Crippen LogP contribution in [0.3, 0.4) is 0 Å². The smallest absolute Gasteiger partial charge is 0.303 e. The summed E-state index contributed by atoms with van der Waals surface area (Å²) in [5.74, 6) is -0.109. The van der Waals surface area contributed by atoms with E-state index in [2.05, 4.69) is 27.7 Å². The van der Waals surface area contributed by atoms with Crippen LogP contribution >= 0.6 is 7.82 Å². The number of hydrogen-bond acceptors (Lipinski definition) is 3. The zero-order valence-electron chi connectivity index (χ0n) is 26.4. The molecule has 0 spiro atoms. The predicted octanol–water partition coefficient (Wildman–Crippen LogP) is 10.3. The number of phosphoric ester groups is 1. The molecule has 0 amide bonds. The number of rotatable bonds is 20. The first-order valence-electron chi connectivity index (χ1n) is 15.9. The lowest BCUT2D eigenvalue weighted by molar-refractivity contribution is -0.121. The van der Waals surface area contributed by atoms with Gasteiger partial charge in [0.15, 0.2) is 5.78 Å². The molecule has 0 heterocycles. The van der Waals surface area contributed by atoms with Gasteiger partial charge in [0.1, 0.15) is 0 Å². The van der Waals surface area contributed by atoms with E-state index in [-0.39, 0.29) is 22.5 Å². The van der Waals surface area contributed by atoms with Gasteiger partial charge in [-0.25, -0.2) is 4.57 Å². The van der Waals surface area contributed by atoms with Crippen molar-refractivity contribution >= 4 is 13.6 Å². The van der Waals surface area contributed by atoms with Gasteiger partial charge in [-0.05, 0) is 29.2 Å². The van der Waals surface area contributed by atoms with Gasteiger partial charge in [0.2, 0.25) is 0 Å². The van der Waals surface area contributed by atoms with Gasteiger partial charge in [-0.3, -0.25) is 9.32 Å². The molecule has 0 bridgehead atoms. The summed E-state index contributed by atoms with van der Waals surface area (Å²) in [6, 6.07) is 0. The quantitative estimate of drug-likeness (QED) is 0.113. The minimum absolute atomic E-state index is 0.147. The van der Waals surface area contributed by atoms with Crippen molar-refractivity contribution in [3.05, 3.63) is 23.3 Å². The molecule has 1 aliphatic carbocycles. The molecule has 2 unspecified atom stereocenters. The fraction of sp³-hybridized carbons (Fsp3) is 0.848. The second-order valence-electron chi connectivity index (χ2n) is 13.9. The lowest BCUT2D eigenvalue weighted by Gasteiger charge is -2.35. The van der Waals surface area contributed by atoms with Crippen molar-refractivity contribution in [3.8, 4) is 0 Å². The maximum Gasteiger partial charge on any atom is 0.469 e. The fourth-order valence-corrected chi connectivity index (χ4v) is 6.08. The monoisotopic (exact) mass is 568 g/mol. The molecule has 0 aromatic carbocycles. The number of carbonyl (C=O) groups is 1. The van der Waals surface area contributed by atoms with Crippen molar-refractivity contribution in [2.45, 2.75) is 164 Å². The number of Topliss-reactive ketones (excluding diaryl/α,β-unsaturated/α-hetero) is 1. The predicted molar refractivity (Wildman–Crippen MR) is 165 cm³/mol. The lowest BCUT2D eigenvalue weighted by Crippen LogP contribution is -2.34. The third-order valence-corrected chi connectivity index (χ3v) is 8.45. The molecule has 0 aliphatic heterocycles. The molecular formula is C33H61O5P. The Morgan fingerprint density at radius 3 is 1.62 bits per heavy atom. The SMILES string of the molecule is CCCCCCCCCCCCCCCCCC(CC1=CC(C(C)(C)C)C(=O)C(C(C)(C)C)=C1)OP(=O)(O)O. The third-order valence-electron chi connectivity index (χ3n) is 7.88. The Balaban J connectivity index is 2.48. The molecular weight excluding hydrogens is 507 g/mol. The Bertz CT molecular complexity index is 809. The van der Waals surface area contributed by atoms with Crippen molar-refractivity contribution in [2.75, 3.05) is 0 Å². The van der Waals surface area contributed by atoms with Gasteiger partial charge in [-0.1, -0.05) is 157 Å². The molecule has 0 fully saturated rings. The summed E-state index contributed by atoms with van der Waals surface area (Å²) in [5.41, 5.74) is 1.19. The minimum atomic E-state index is -4.60. The lowest BCUT2D eigenvalue weighted by atomic mass is 9.68. The standard InChI is InChI=1S/C33H61O5P/c1-8-9-10-11-12-13-14-15-16-17-18-19-20-21-22-23-28(38-39(35,36)37)24-27-25-29(32(2,3)4)31(34)30(26-27)33(5,6)7/h25-26,28-29H,8-24H2,1-7H3,(H2,35,36,37). The molecule has 228 valence electrons. The van der Waals surface area contributed by atoms with Crippen molar-refractivity contribution in [1.82, 2.24) is 0 Å². The highest BCUT2D eigenvalue weighted by Gasteiger charge is 2.38. The van der Waals surface area contributed by atoms with Gasteiger partial charge in [0.25, 0.3) is 0 Å².